The van der Waals surface area contributed by atoms with E-state index >= 15 is 0 Å². The Morgan fingerprint density at radius 1 is 1.50 bits per heavy atom. The smallest absolute Gasteiger partial charge is 0.127 e. The van der Waals surface area contributed by atoms with Crippen molar-refractivity contribution in [2.75, 3.05) is 19.1 Å². The minimum Gasteiger partial charge on any atom is -0.381 e. The molecule has 2 rings (SSSR count). The molecule has 1 fully saturated rings. The van der Waals surface area contributed by atoms with Gasteiger partial charge in [-0.25, -0.2) is 4.39 Å². The molecule has 1 aliphatic rings. The molecule has 1 heterocycles. The quantitative estimate of drug-likeness (QED) is 0.772. The normalized spacial score (nSPS) is 24.9. The highest BCUT2D eigenvalue weighted by molar-refractivity contribution is 9.10. The lowest BCUT2D eigenvalue weighted by molar-refractivity contribution is 0.160. The molecule has 1 aromatic carbocycles. The molecule has 1 saturated heterocycles. The van der Waals surface area contributed by atoms with Crippen LogP contribution in [-0.2, 0) is 11.2 Å². The maximum atomic E-state index is 13.7. The minimum absolute atomic E-state index is 0.0871. The van der Waals surface area contributed by atoms with Crippen molar-refractivity contribution >= 4 is 27.5 Å². The van der Waals surface area contributed by atoms with E-state index < -0.39 is 0 Å². The van der Waals surface area contributed by atoms with Crippen LogP contribution < -0.4 is 0 Å². The first-order valence-corrected chi connectivity index (χ1v) is 6.56. The van der Waals surface area contributed by atoms with Crippen LogP contribution in [0.2, 0.25) is 0 Å². The van der Waals surface area contributed by atoms with E-state index in [-0.39, 0.29) is 11.2 Å². The summed E-state index contributed by atoms with van der Waals surface area (Å²) in [6.07, 6.45) is 1.56. The molecule has 0 aliphatic carbocycles. The molecule has 0 radical (unpaired) electrons. The molecule has 1 nitrogen and oxygen atoms in total. The summed E-state index contributed by atoms with van der Waals surface area (Å²) >= 11 is 9.24. The van der Waals surface area contributed by atoms with Crippen LogP contribution in [0.1, 0.15) is 12.0 Å². The summed E-state index contributed by atoms with van der Waals surface area (Å²) in [5.41, 5.74) is 0.630. The van der Waals surface area contributed by atoms with Gasteiger partial charge < -0.3 is 4.74 Å². The second kappa shape index (κ2) is 5.03. The lowest BCUT2D eigenvalue weighted by atomic mass is 9.83. The number of hydrogen-bond acceptors (Lipinski definition) is 1. The minimum atomic E-state index is -0.175. The summed E-state index contributed by atoms with van der Waals surface area (Å²) < 4.78 is 19.8. The summed E-state index contributed by atoms with van der Waals surface area (Å²) in [7, 11) is 0. The van der Waals surface area contributed by atoms with Gasteiger partial charge in [0.15, 0.2) is 0 Å². The Balaban J connectivity index is 2.19. The van der Waals surface area contributed by atoms with E-state index in [4.69, 9.17) is 16.3 Å². The van der Waals surface area contributed by atoms with Crippen molar-refractivity contribution in [3.63, 3.8) is 0 Å². The first kappa shape index (κ1) is 12.3. The number of rotatable bonds is 3. The summed E-state index contributed by atoms with van der Waals surface area (Å²) in [5.74, 6) is 0.341. The highest BCUT2D eigenvalue weighted by Crippen LogP contribution is 2.34. The monoisotopic (exact) mass is 306 g/mol. The standard InChI is InChI=1S/C12H13BrClFO/c13-10-2-1-9(11(15)5-10)6-12(7-14)3-4-16-8-12/h1-2,5H,3-4,6-8H2. The van der Waals surface area contributed by atoms with Gasteiger partial charge in [0.2, 0.25) is 0 Å². The maximum Gasteiger partial charge on any atom is 0.127 e. The fraction of sp³-hybridized carbons (Fsp3) is 0.500. The van der Waals surface area contributed by atoms with Crippen LogP contribution in [0.5, 0.6) is 0 Å². The Hall–Kier alpha value is -0.120. The molecule has 0 saturated carbocycles. The first-order valence-electron chi connectivity index (χ1n) is 5.23. The Morgan fingerprint density at radius 3 is 2.88 bits per heavy atom. The van der Waals surface area contributed by atoms with Gasteiger partial charge in [-0.1, -0.05) is 22.0 Å². The zero-order chi connectivity index (χ0) is 11.6. The summed E-state index contributed by atoms with van der Waals surface area (Å²) in [6, 6.07) is 5.16. The maximum absolute atomic E-state index is 13.7. The molecule has 0 spiro atoms. The lowest BCUT2D eigenvalue weighted by Crippen LogP contribution is -2.26. The molecule has 0 amide bonds. The molecule has 1 unspecified atom stereocenters. The van der Waals surface area contributed by atoms with Crippen LogP contribution in [0.3, 0.4) is 0 Å². The number of alkyl halides is 1. The summed E-state index contributed by atoms with van der Waals surface area (Å²) in [5, 5.41) is 0. The topological polar surface area (TPSA) is 9.23 Å². The molecular weight excluding hydrogens is 294 g/mol. The van der Waals surface area contributed by atoms with Gasteiger partial charge in [-0.05, 0) is 30.5 Å². The van der Waals surface area contributed by atoms with E-state index in [0.717, 1.165) is 17.5 Å². The van der Waals surface area contributed by atoms with E-state index in [1.807, 2.05) is 12.1 Å². The molecule has 4 heteroatoms. The Bertz CT molecular complexity index is 377. The van der Waals surface area contributed by atoms with Crippen LogP contribution in [0.4, 0.5) is 4.39 Å². The van der Waals surface area contributed by atoms with Gasteiger partial charge in [0, 0.05) is 22.4 Å². The molecule has 0 N–H and O–H groups in total. The van der Waals surface area contributed by atoms with Crippen LogP contribution in [0, 0.1) is 11.2 Å². The van der Waals surface area contributed by atoms with Crippen molar-refractivity contribution in [1.29, 1.82) is 0 Å². The first-order chi connectivity index (χ1) is 7.65. The van der Waals surface area contributed by atoms with Crippen molar-refractivity contribution in [1.82, 2.24) is 0 Å². The highest BCUT2D eigenvalue weighted by Gasteiger charge is 2.34. The third-order valence-electron chi connectivity index (χ3n) is 3.05. The third-order valence-corrected chi connectivity index (χ3v) is 4.11. The van der Waals surface area contributed by atoms with Gasteiger partial charge >= 0.3 is 0 Å². The fourth-order valence-electron chi connectivity index (χ4n) is 2.01. The van der Waals surface area contributed by atoms with E-state index in [1.54, 1.807) is 0 Å². The Labute approximate surface area is 108 Å². The van der Waals surface area contributed by atoms with E-state index in [9.17, 15) is 4.39 Å². The number of benzene rings is 1. The van der Waals surface area contributed by atoms with Crippen LogP contribution in [-0.4, -0.2) is 19.1 Å². The van der Waals surface area contributed by atoms with Crippen LogP contribution >= 0.6 is 27.5 Å². The molecule has 88 valence electrons. The average molecular weight is 308 g/mol. The van der Waals surface area contributed by atoms with E-state index in [1.165, 1.54) is 6.07 Å². The summed E-state index contributed by atoms with van der Waals surface area (Å²) in [4.78, 5) is 0. The lowest BCUT2D eigenvalue weighted by Gasteiger charge is -2.24. The second-order valence-corrected chi connectivity index (χ2v) is 5.53. The molecule has 1 aromatic rings. The van der Waals surface area contributed by atoms with Crippen molar-refractivity contribution in [3.8, 4) is 0 Å². The van der Waals surface area contributed by atoms with Crippen LogP contribution in [0.25, 0.3) is 0 Å². The van der Waals surface area contributed by atoms with Crippen molar-refractivity contribution in [2.45, 2.75) is 12.8 Å². The van der Waals surface area contributed by atoms with Gasteiger partial charge in [-0.2, -0.15) is 0 Å². The largest absolute Gasteiger partial charge is 0.381 e. The predicted octanol–water partition coefficient (Wildman–Crippen LogP) is 3.78. The van der Waals surface area contributed by atoms with Crippen molar-refractivity contribution < 1.29 is 9.13 Å². The molecule has 1 aliphatic heterocycles. The molecule has 0 bridgehead atoms. The highest BCUT2D eigenvalue weighted by atomic mass is 79.9. The van der Waals surface area contributed by atoms with Gasteiger partial charge in [-0.15, -0.1) is 11.6 Å². The van der Waals surface area contributed by atoms with Gasteiger partial charge in [0.25, 0.3) is 0 Å². The molecule has 16 heavy (non-hydrogen) atoms. The SMILES string of the molecule is Fc1cc(Br)ccc1CC1(CCl)CCOC1. The Kier molecular flexibility index (Phi) is 3.88. The average Bonchev–Trinajstić information content (AvgIpc) is 2.72. The second-order valence-electron chi connectivity index (χ2n) is 4.35. The zero-order valence-corrected chi connectivity index (χ0v) is 11.2. The van der Waals surface area contributed by atoms with Crippen molar-refractivity contribution in [2.24, 2.45) is 5.41 Å². The molecular formula is C12H13BrClFO. The van der Waals surface area contributed by atoms with E-state index in [2.05, 4.69) is 15.9 Å². The third kappa shape index (κ3) is 2.58. The van der Waals surface area contributed by atoms with Crippen molar-refractivity contribution in [3.05, 3.63) is 34.1 Å². The molecule has 1 atom stereocenters. The van der Waals surface area contributed by atoms with E-state index in [0.29, 0.717) is 24.5 Å². The Morgan fingerprint density at radius 2 is 2.31 bits per heavy atom. The fourth-order valence-corrected chi connectivity index (χ4v) is 2.65. The van der Waals surface area contributed by atoms with Crippen LogP contribution in [0.15, 0.2) is 22.7 Å². The number of ether oxygens (including phenoxy) is 1. The summed E-state index contributed by atoms with van der Waals surface area (Å²) in [6.45, 7) is 1.36. The van der Waals surface area contributed by atoms with Gasteiger partial charge in [0.05, 0.1) is 6.61 Å². The number of halogens is 3. The van der Waals surface area contributed by atoms with Gasteiger partial charge in [-0.3, -0.25) is 0 Å². The zero-order valence-electron chi connectivity index (χ0n) is 8.81. The molecule has 0 aromatic heterocycles. The number of hydrogen-bond donors (Lipinski definition) is 0. The van der Waals surface area contributed by atoms with Gasteiger partial charge in [0.1, 0.15) is 5.82 Å². The predicted molar refractivity (Wildman–Crippen MR) is 66.4 cm³/mol.